The van der Waals surface area contributed by atoms with E-state index in [2.05, 4.69) is 25.8 Å². The summed E-state index contributed by atoms with van der Waals surface area (Å²) in [5.74, 6) is 1.91. The van der Waals surface area contributed by atoms with Gasteiger partial charge in [-0.1, -0.05) is 51.2 Å². The lowest BCUT2D eigenvalue weighted by atomic mass is 9.53. The van der Waals surface area contributed by atoms with E-state index in [1.54, 1.807) is 0 Å². The molecule has 88 valence electrons. The highest BCUT2D eigenvalue weighted by molar-refractivity contribution is 6.39. The van der Waals surface area contributed by atoms with Gasteiger partial charge in [0.2, 0.25) is 0 Å². The Balaban J connectivity index is 2.28. The van der Waals surface area contributed by atoms with Crippen LogP contribution in [0.2, 0.25) is 11.6 Å². The van der Waals surface area contributed by atoms with Gasteiger partial charge >= 0.3 is 0 Å². The molecule has 0 aromatic heterocycles. The molecule has 0 unspecified atom stereocenters. The van der Waals surface area contributed by atoms with Crippen LogP contribution in [-0.2, 0) is 0 Å². The molecule has 0 spiro atoms. The lowest BCUT2D eigenvalue weighted by Crippen LogP contribution is -2.22. The SMILES string of the molecule is CC(C)BC1CCCCN(C)CCCC1. The predicted molar refractivity (Wildman–Crippen MR) is 71.2 cm³/mol. The molecule has 2 heteroatoms. The predicted octanol–water partition coefficient (Wildman–Crippen LogP) is 3.33. The zero-order valence-corrected chi connectivity index (χ0v) is 11.0. The van der Waals surface area contributed by atoms with Gasteiger partial charge in [0.05, 0.1) is 0 Å². The highest BCUT2D eigenvalue weighted by atomic mass is 15.1. The molecule has 0 bridgehead atoms. The topological polar surface area (TPSA) is 3.24 Å². The van der Waals surface area contributed by atoms with Gasteiger partial charge in [-0.3, -0.25) is 0 Å². The molecule has 0 saturated carbocycles. The molecule has 1 aliphatic rings. The second kappa shape index (κ2) is 7.32. The maximum absolute atomic E-state index is 2.50. The van der Waals surface area contributed by atoms with Crippen LogP contribution in [0.4, 0.5) is 0 Å². The summed E-state index contributed by atoms with van der Waals surface area (Å²) >= 11 is 0. The first-order chi connectivity index (χ1) is 7.18. The van der Waals surface area contributed by atoms with Crippen LogP contribution in [0.1, 0.15) is 52.4 Å². The lowest BCUT2D eigenvalue weighted by Gasteiger charge is -2.22. The smallest absolute Gasteiger partial charge is 0.126 e. The summed E-state index contributed by atoms with van der Waals surface area (Å²) in [5, 5.41) is 0. The zero-order valence-electron chi connectivity index (χ0n) is 11.0. The van der Waals surface area contributed by atoms with E-state index < -0.39 is 0 Å². The van der Waals surface area contributed by atoms with E-state index >= 15 is 0 Å². The molecule has 1 heterocycles. The Labute approximate surface area is 96.9 Å². The highest BCUT2D eigenvalue weighted by Crippen LogP contribution is 2.25. The third-order valence-corrected chi connectivity index (χ3v) is 3.61. The normalized spacial score (nSPS) is 22.9. The minimum Gasteiger partial charge on any atom is -0.306 e. The molecular formula is C13H28BN. The molecule has 15 heavy (non-hydrogen) atoms. The molecule has 0 amide bonds. The van der Waals surface area contributed by atoms with E-state index in [4.69, 9.17) is 0 Å². The van der Waals surface area contributed by atoms with Crippen LogP contribution < -0.4 is 0 Å². The van der Waals surface area contributed by atoms with Crippen LogP contribution in [0.15, 0.2) is 0 Å². The van der Waals surface area contributed by atoms with E-state index in [1.165, 1.54) is 58.9 Å². The molecule has 0 atom stereocenters. The van der Waals surface area contributed by atoms with Gasteiger partial charge in [0, 0.05) is 0 Å². The fourth-order valence-corrected chi connectivity index (χ4v) is 2.79. The maximum atomic E-state index is 2.50. The zero-order chi connectivity index (χ0) is 11.1. The Morgan fingerprint density at radius 3 is 2.00 bits per heavy atom. The van der Waals surface area contributed by atoms with E-state index in [0.717, 1.165) is 11.6 Å². The van der Waals surface area contributed by atoms with Crippen LogP contribution in [0, 0.1) is 0 Å². The Hall–Kier alpha value is 0.0249. The summed E-state index contributed by atoms with van der Waals surface area (Å²) in [6, 6.07) is 0. The summed E-state index contributed by atoms with van der Waals surface area (Å²) in [6.45, 7) is 7.36. The van der Waals surface area contributed by atoms with Crippen molar-refractivity contribution < 1.29 is 0 Å². The molecule has 0 N–H and O–H groups in total. The maximum Gasteiger partial charge on any atom is 0.126 e. The summed E-state index contributed by atoms with van der Waals surface area (Å²) < 4.78 is 0. The summed E-state index contributed by atoms with van der Waals surface area (Å²) in [5.41, 5.74) is 0. The van der Waals surface area contributed by atoms with Gasteiger partial charge in [-0.2, -0.15) is 0 Å². The van der Waals surface area contributed by atoms with Crippen LogP contribution in [0.3, 0.4) is 0 Å². The van der Waals surface area contributed by atoms with Gasteiger partial charge in [0.15, 0.2) is 0 Å². The number of rotatable bonds is 2. The molecule has 0 aliphatic carbocycles. The van der Waals surface area contributed by atoms with Crippen molar-refractivity contribution in [2.45, 2.75) is 64.0 Å². The van der Waals surface area contributed by atoms with Crippen LogP contribution >= 0.6 is 0 Å². The molecule has 1 aliphatic heterocycles. The summed E-state index contributed by atoms with van der Waals surface area (Å²) in [4.78, 5) is 2.50. The fourth-order valence-electron chi connectivity index (χ4n) is 2.79. The van der Waals surface area contributed by atoms with Crippen molar-refractivity contribution in [1.29, 1.82) is 0 Å². The summed E-state index contributed by atoms with van der Waals surface area (Å²) in [6.07, 6.45) is 8.66. The fraction of sp³-hybridized carbons (Fsp3) is 1.00. The number of hydrogen-bond acceptors (Lipinski definition) is 1. The van der Waals surface area contributed by atoms with Crippen LogP contribution in [0.25, 0.3) is 0 Å². The lowest BCUT2D eigenvalue weighted by molar-refractivity contribution is 0.306. The Morgan fingerprint density at radius 2 is 1.53 bits per heavy atom. The van der Waals surface area contributed by atoms with Crippen molar-refractivity contribution in [2.75, 3.05) is 20.1 Å². The quantitative estimate of drug-likeness (QED) is 0.630. The second-order valence-corrected chi connectivity index (χ2v) is 5.79. The van der Waals surface area contributed by atoms with Gasteiger partial charge in [-0.25, -0.2) is 0 Å². The molecule has 1 fully saturated rings. The van der Waals surface area contributed by atoms with Crippen molar-refractivity contribution in [3.05, 3.63) is 0 Å². The Kier molecular flexibility index (Phi) is 6.39. The van der Waals surface area contributed by atoms with Gasteiger partial charge < -0.3 is 4.90 Å². The van der Waals surface area contributed by atoms with Crippen molar-refractivity contribution in [3.8, 4) is 0 Å². The van der Waals surface area contributed by atoms with Crippen molar-refractivity contribution >= 4 is 7.28 Å². The van der Waals surface area contributed by atoms with Gasteiger partial charge in [0.25, 0.3) is 0 Å². The third-order valence-electron chi connectivity index (χ3n) is 3.61. The van der Waals surface area contributed by atoms with Crippen LogP contribution in [0.5, 0.6) is 0 Å². The number of nitrogens with zero attached hydrogens (tertiary/aromatic N) is 1. The van der Waals surface area contributed by atoms with Crippen LogP contribution in [-0.4, -0.2) is 32.3 Å². The summed E-state index contributed by atoms with van der Waals surface area (Å²) in [7, 11) is 3.73. The molecule has 0 aromatic carbocycles. The monoisotopic (exact) mass is 209 g/mol. The van der Waals surface area contributed by atoms with E-state index in [-0.39, 0.29) is 0 Å². The first kappa shape index (κ1) is 13.1. The minimum atomic E-state index is 0.889. The third kappa shape index (κ3) is 6.24. The van der Waals surface area contributed by atoms with Crippen molar-refractivity contribution in [2.24, 2.45) is 0 Å². The van der Waals surface area contributed by atoms with Gasteiger partial charge in [-0.15, -0.1) is 0 Å². The largest absolute Gasteiger partial charge is 0.306 e. The first-order valence-electron chi connectivity index (χ1n) is 6.87. The first-order valence-corrected chi connectivity index (χ1v) is 6.87. The molecule has 0 radical (unpaired) electrons. The standard InChI is InChI=1S/C13H28BN/c1-12(2)14-13-8-4-6-10-15(3)11-7-5-9-13/h12-14H,4-11H2,1-3H3. The van der Waals surface area contributed by atoms with Gasteiger partial charge in [-0.05, 0) is 33.0 Å². The Morgan fingerprint density at radius 1 is 1.00 bits per heavy atom. The molecule has 1 nitrogen and oxygen atoms in total. The number of hydrogen-bond donors (Lipinski definition) is 0. The molecule has 1 rings (SSSR count). The van der Waals surface area contributed by atoms with Gasteiger partial charge in [0.1, 0.15) is 7.28 Å². The van der Waals surface area contributed by atoms with E-state index in [0.29, 0.717) is 0 Å². The molecule has 0 aromatic rings. The second-order valence-electron chi connectivity index (χ2n) is 5.79. The van der Waals surface area contributed by atoms with E-state index in [9.17, 15) is 0 Å². The van der Waals surface area contributed by atoms with Crippen molar-refractivity contribution in [3.63, 3.8) is 0 Å². The van der Waals surface area contributed by atoms with E-state index in [1.807, 2.05) is 0 Å². The molecule has 1 saturated heterocycles. The highest BCUT2D eigenvalue weighted by Gasteiger charge is 2.13. The molecular weight excluding hydrogens is 181 g/mol. The average Bonchev–Trinajstić information content (AvgIpc) is 2.18. The Bertz CT molecular complexity index is 147. The minimum absolute atomic E-state index is 0.889. The average molecular weight is 209 g/mol. The van der Waals surface area contributed by atoms with Crippen molar-refractivity contribution in [1.82, 2.24) is 4.90 Å².